The lowest BCUT2D eigenvalue weighted by Crippen LogP contribution is -2.15. The van der Waals surface area contributed by atoms with Crippen LogP contribution in [0.1, 0.15) is 42.1 Å². The highest BCUT2D eigenvalue weighted by atomic mass is 16.4. The summed E-state index contributed by atoms with van der Waals surface area (Å²) in [6.07, 6.45) is 2.32. The lowest BCUT2D eigenvalue weighted by Gasteiger charge is -2.09. The molecule has 0 aliphatic heterocycles. The van der Waals surface area contributed by atoms with Crippen molar-refractivity contribution in [2.75, 3.05) is 20.6 Å². The molecule has 0 radical (unpaired) electrons. The van der Waals surface area contributed by atoms with E-state index < -0.39 is 0 Å². The van der Waals surface area contributed by atoms with Gasteiger partial charge in [-0.25, -0.2) is 9.97 Å². The number of pyridine rings is 2. The normalized spacial score (nSPS) is 12.3. The van der Waals surface area contributed by atoms with Gasteiger partial charge in [0, 0.05) is 31.1 Å². The minimum absolute atomic E-state index is 0.107. The molecule has 6 heteroatoms. The number of nitrogens with zero attached hydrogens (tertiary/aromatic N) is 4. The van der Waals surface area contributed by atoms with Crippen LogP contribution in [0.25, 0.3) is 23.0 Å². The summed E-state index contributed by atoms with van der Waals surface area (Å²) in [7, 11) is 4.10. The van der Waals surface area contributed by atoms with E-state index in [4.69, 9.17) is 25.1 Å². The molecule has 0 aliphatic carbocycles. The summed E-state index contributed by atoms with van der Waals surface area (Å²) in [6.45, 7) is 2.90. The second-order valence-electron chi connectivity index (χ2n) is 8.48. The molecule has 1 aromatic carbocycles. The van der Waals surface area contributed by atoms with Crippen LogP contribution >= 0.6 is 0 Å². The minimum atomic E-state index is -0.107. The summed E-state index contributed by atoms with van der Waals surface area (Å²) in [6, 6.07) is 22.1. The third-order valence-corrected chi connectivity index (χ3v) is 5.57. The molecule has 170 valence electrons. The van der Waals surface area contributed by atoms with Crippen molar-refractivity contribution in [3.05, 3.63) is 89.4 Å². The highest BCUT2D eigenvalue weighted by Crippen LogP contribution is 2.29. The van der Waals surface area contributed by atoms with Crippen LogP contribution in [0, 0.1) is 0 Å². The molecule has 0 saturated heterocycles. The Bertz CT molecular complexity index is 1190. The topological polar surface area (TPSA) is 81.1 Å². The highest BCUT2D eigenvalue weighted by Gasteiger charge is 2.19. The predicted octanol–water partition coefficient (Wildman–Crippen LogP) is 4.90. The Kier molecular flexibility index (Phi) is 7.27. The number of benzene rings is 1. The first-order valence-electron chi connectivity index (χ1n) is 11.4. The van der Waals surface area contributed by atoms with Crippen LogP contribution in [-0.2, 0) is 12.8 Å². The Morgan fingerprint density at radius 1 is 0.879 bits per heavy atom. The number of likely N-dealkylation sites (N-methyl/N-ethyl adjacent to an activating group) is 1. The second-order valence-corrected chi connectivity index (χ2v) is 8.48. The van der Waals surface area contributed by atoms with Crippen LogP contribution < -0.4 is 5.73 Å². The van der Waals surface area contributed by atoms with Crippen molar-refractivity contribution >= 4 is 0 Å². The van der Waals surface area contributed by atoms with Crippen molar-refractivity contribution in [2.24, 2.45) is 5.73 Å². The molecule has 4 aromatic rings. The molecule has 0 saturated carbocycles. The van der Waals surface area contributed by atoms with Gasteiger partial charge >= 0.3 is 0 Å². The van der Waals surface area contributed by atoms with Crippen LogP contribution in [0.4, 0.5) is 0 Å². The van der Waals surface area contributed by atoms with Gasteiger partial charge in [-0.15, -0.1) is 0 Å². The van der Waals surface area contributed by atoms with Gasteiger partial charge in [0.25, 0.3) is 0 Å². The molecule has 33 heavy (non-hydrogen) atoms. The van der Waals surface area contributed by atoms with E-state index >= 15 is 0 Å². The van der Waals surface area contributed by atoms with E-state index in [9.17, 15) is 0 Å². The third kappa shape index (κ3) is 5.72. The second kappa shape index (κ2) is 10.5. The van der Waals surface area contributed by atoms with Crippen molar-refractivity contribution in [3.8, 4) is 23.0 Å². The van der Waals surface area contributed by atoms with Crippen molar-refractivity contribution < 1.29 is 4.42 Å². The Balaban J connectivity index is 1.70. The molecule has 2 N–H and O–H groups in total. The summed E-state index contributed by atoms with van der Waals surface area (Å²) in [4.78, 5) is 16.6. The fraction of sp³-hybridized carbons (Fsp3) is 0.296. The average molecular weight is 442 g/mol. The smallest absolute Gasteiger partial charge is 0.245 e. The fourth-order valence-electron chi connectivity index (χ4n) is 3.66. The molecule has 0 amide bonds. The summed E-state index contributed by atoms with van der Waals surface area (Å²) >= 11 is 0. The maximum atomic E-state index is 6.25. The van der Waals surface area contributed by atoms with Crippen molar-refractivity contribution in [2.45, 2.75) is 32.2 Å². The van der Waals surface area contributed by atoms with Crippen LogP contribution in [0.15, 0.2) is 71.1 Å². The van der Waals surface area contributed by atoms with Gasteiger partial charge in [-0.05, 0) is 50.3 Å². The molecule has 3 aromatic heterocycles. The molecule has 4 rings (SSSR count). The molecule has 0 bridgehead atoms. The maximum absolute atomic E-state index is 6.25. The molecule has 6 nitrogen and oxygen atoms in total. The maximum Gasteiger partial charge on any atom is 0.245 e. The number of aromatic nitrogens is 3. The number of hydrogen-bond acceptors (Lipinski definition) is 6. The van der Waals surface area contributed by atoms with Gasteiger partial charge in [0.1, 0.15) is 17.1 Å². The molecule has 0 fully saturated rings. The largest absolute Gasteiger partial charge is 0.439 e. The Morgan fingerprint density at radius 3 is 2.39 bits per heavy atom. The number of hydrogen-bond donors (Lipinski definition) is 1. The number of oxazole rings is 1. The third-order valence-electron chi connectivity index (χ3n) is 5.57. The standard InChI is InChI=1S/C27H31N5O/c1-4-21(28)22-13-9-15-24(30-22)27-31-26(25(33-27)16-17-32(2)3)23-14-8-12-20(29-23)18-19-10-6-5-7-11-19/h5-15,21H,4,16-18,28H2,1-3H3. The average Bonchev–Trinajstić information content (AvgIpc) is 3.27. The van der Waals surface area contributed by atoms with E-state index in [0.717, 1.165) is 54.3 Å². The zero-order chi connectivity index (χ0) is 23.2. The van der Waals surface area contributed by atoms with E-state index in [-0.39, 0.29) is 6.04 Å². The Labute approximate surface area is 195 Å². The quantitative estimate of drug-likeness (QED) is 0.398. The molecular formula is C27H31N5O. The zero-order valence-electron chi connectivity index (χ0n) is 19.5. The fourth-order valence-corrected chi connectivity index (χ4v) is 3.66. The van der Waals surface area contributed by atoms with Crippen LogP contribution in [0.5, 0.6) is 0 Å². The van der Waals surface area contributed by atoms with Gasteiger partial charge in [0.05, 0.1) is 11.4 Å². The van der Waals surface area contributed by atoms with Crippen molar-refractivity contribution in [3.63, 3.8) is 0 Å². The molecule has 0 aliphatic rings. The SMILES string of the molecule is CCC(N)c1cccc(-c2nc(-c3cccc(Cc4ccccc4)n3)c(CCN(C)C)o2)n1. The van der Waals surface area contributed by atoms with Crippen molar-refractivity contribution in [1.82, 2.24) is 19.9 Å². The van der Waals surface area contributed by atoms with Gasteiger partial charge in [0.2, 0.25) is 5.89 Å². The first-order valence-corrected chi connectivity index (χ1v) is 11.4. The summed E-state index contributed by atoms with van der Waals surface area (Å²) in [5.74, 6) is 1.31. The predicted molar refractivity (Wildman–Crippen MR) is 132 cm³/mol. The van der Waals surface area contributed by atoms with Gasteiger partial charge in [-0.1, -0.05) is 49.4 Å². The van der Waals surface area contributed by atoms with Gasteiger partial charge in [-0.3, -0.25) is 4.98 Å². The van der Waals surface area contributed by atoms with E-state index in [1.165, 1.54) is 5.56 Å². The molecule has 1 unspecified atom stereocenters. The Morgan fingerprint density at radius 2 is 1.64 bits per heavy atom. The minimum Gasteiger partial charge on any atom is -0.439 e. The first-order chi connectivity index (χ1) is 16.0. The molecule has 3 heterocycles. The number of nitrogens with two attached hydrogens (primary N) is 1. The summed E-state index contributed by atoms with van der Waals surface area (Å²) < 4.78 is 6.25. The Hall–Kier alpha value is -3.35. The van der Waals surface area contributed by atoms with E-state index in [2.05, 4.69) is 24.0 Å². The molecule has 1 atom stereocenters. The van der Waals surface area contributed by atoms with E-state index in [1.807, 2.05) is 68.7 Å². The lowest BCUT2D eigenvalue weighted by molar-refractivity contribution is 0.392. The van der Waals surface area contributed by atoms with Crippen LogP contribution in [0.2, 0.25) is 0 Å². The molecular weight excluding hydrogens is 410 g/mol. The van der Waals surface area contributed by atoms with Gasteiger partial charge < -0.3 is 15.1 Å². The summed E-state index contributed by atoms with van der Waals surface area (Å²) in [5.41, 5.74) is 11.5. The summed E-state index contributed by atoms with van der Waals surface area (Å²) in [5, 5.41) is 0. The van der Waals surface area contributed by atoms with Crippen LogP contribution in [-0.4, -0.2) is 40.5 Å². The van der Waals surface area contributed by atoms with E-state index in [0.29, 0.717) is 11.6 Å². The lowest BCUT2D eigenvalue weighted by atomic mass is 10.1. The molecule has 0 spiro atoms. The zero-order valence-corrected chi connectivity index (χ0v) is 19.5. The van der Waals surface area contributed by atoms with Gasteiger partial charge in [0.15, 0.2) is 0 Å². The van der Waals surface area contributed by atoms with Crippen LogP contribution in [0.3, 0.4) is 0 Å². The monoisotopic (exact) mass is 441 g/mol. The van der Waals surface area contributed by atoms with E-state index in [1.54, 1.807) is 0 Å². The first kappa shape index (κ1) is 22.8. The van der Waals surface area contributed by atoms with Gasteiger partial charge in [-0.2, -0.15) is 0 Å². The number of rotatable bonds is 9. The van der Waals surface area contributed by atoms with Crippen molar-refractivity contribution in [1.29, 1.82) is 0 Å². The highest BCUT2D eigenvalue weighted by molar-refractivity contribution is 5.61.